The Bertz CT molecular complexity index is 598. The fraction of sp³-hybridized carbons (Fsp3) is 0.312. The third kappa shape index (κ3) is 2.96. The topological polar surface area (TPSA) is 34.1 Å². The van der Waals surface area contributed by atoms with E-state index in [-0.39, 0.29) is 11.9 Å². The minimum Gasteiger partial charge on any atom is -0.488 e. The van der Waals surface area contributed by atoms with Gasteiger partial charge in [0.15, 0.2) is 0 Å². The molecule has 3 rings (SSSR count). The monoisotopic (exact) mass is 272 g/mol. The van der Waals surface area contributed by atoms with E-state index < -0.39 is 0 Å². The molecule has 0 bridgehead atoms. The van der Waals surface area contributed by atoms with Gasteiger partial charge in [0, 0.05) is 37.0 Å². The average molecular weight is 272 g/mol. The highest BCUT2D eigenvalue weighted by Gasteiger charge is 2.22. The van der Waals surface area contributed by atoms with Crippen molar-refractivity contribution in [3.63, 3.8) is 0 Å². The Kier molecular flexibility index (Phi) is 3.65. The number of benzene rings is 1. The van der Waals surface area contributed by atoms with Gasteiger partial charge in [-0.25, -0.2) is 4.39 Å². The Balaban J connectivity index is 1.50. The van der Waals surface area contributed by atoms with Crippen LogP contribution in [0.4, 0.5) is 4.39 Å². The molecule has 0 saturated carbocycles. The molecule has 20 heavy (non-hydrogen) atoms. The first kappa shape index (κ1) is 13.1. The highest BCUT2D eigenvalue weighted by molar-refractivity contribution is 5.37. The summed E-state index contributed by atoms with van der Waals surface area (Å²) in [5.74, 6) is 0.599. The molecule has 2 heterocycles. The zero-order valence-electron chi connectivity index (χ0n) is 11.4. The van der Waals surface area contributed by atoms with E-state index in [0.717, 1.165) is 42.1 Å². The van der Waals surface area contributed by atoms with Crippen molar-refractivity contribution in [1.29, 1.82) is 0 Å². The normalized spacial score (nSPS) is 16.8. The maximum atomic E-state index is 13.1. The molecule has 0 spiro atoms. The Hall–Kier alpha value is -1.94. The summed E-state index contributed by atoms with van der Waals surface area (Å²) in [5, 5.41) is 3.35. The maximum absolute atomic E-state index is 13.1. The molecular weight excluding hydrogens is 255 g/mol. The number of aromatic nitrogens is 1. The summed E-state index contributed by atoms with van der Waals surface area (Å²) in [7, 11) is 0. The first-order valence-electron chi connectivity index (χ1n) is 6.78. The first-order valence-corrected chi connectivity index (χ1v) is 6.78. The first-order chi connectivity index (χ1) is 9.70. The van der Waals surface area contributed by atoms with Crippen LogP contribution in [0.15, 0.2) is 36.5 Å². The van der Waals surface area contributed by atoms with Crippen LogP contribution in [-0.4, -0.2) is 17.6 Å². The summed E-state index contributed by atoms with van der Waals surface area (Å²) in [5.41, 5.74) is 3.12. The third-order valence-corrected chi connectivity index (χ3v) is 3.44. The molecule has 2 aromatic rings. The number of pyridine rings is 1. The van der Waals surface area contributed by atoms with E-state index in [1.54, 1.807) is 12.1 Å². The molecule has 0 saturated heterocycles. The van der Waals surface area contributed by atoms with Crippen LogP contribution in [0.2, 0.25) is 0 Å². The van der Waals surface area contributed by atoms with Gasteiger partial charge in [-0.15, -0.1) is 0 Å². The lowest BCUT2D eigenvalue weighted by Gasteiger charge is -2.11. The molecule has 1 aromatic carbocycles. The van der Waals surface area contributed by atoms with Gasteiger partial charge in [-0.1, -0.05) is 6.07 Å². The summed E-state index contributed by atoms with van der Waals surface area (Å²) in [4.78, 5) is 4.26. The van der Waals surface area contributed by atoms with E-state index in [2.05, 4.69) is 16.4 Å². The summed E-state index contributed by atoms with van der Waals surface area (Å²) >= 11 is 0. The minimum absolute atomic E-state index is 0.0743. The number of hydrogen-bond acceptors (Lipinski definition) is 3. The third-order valence-electron chi connectivity index (χ3n) is 3.44. The molecule has 1 unspecified atom stereocenters. The highest BCUT2D eigenvalue weighted by atomic mass is 19.1. The van der Waals surface area contributed by atoms with Crippen molar-refractivity contribution < 1.29 is 9.13 Å². The number of aryl methyl sites for hydroxylation is 1. The predicted molar refractivity (Wildman–Crippen MR) is 75.2 cm³/mol. The van der Waals surface area contributed by atoms with E-state index in [1.165, 1.54) is 6.07 Å². The number of halogens is 1. The number of hydrogen-bond donors (Lipinski definition) is 1. The van der Waals surface area contributed by atoms with Crippen molar-refractivity contribution in [1.82, 2.24) is 10.3 Å². The quantitative estimate of drug-likeness (QED) is 0.929. The van der Waals surface area contributed by atoms with Gasteiger partial charge < -0.3 is 10.1 Å². The van der Waals surface area contributed by atoms with Crippen molar-refractivity contribution in [2.24, 2.45) is 0 Å². The fourth-order valence-electron chi connectivity index (χ4n) is 2.38. The zero-order chi connectivity index (χ0) is 13.9. The summed E-state index contributed by atoms with van der Waals surface area (Å²) in [6.07, 6.45) is 2.71. The van der Waals surface area contributed by atoms with Crippen molar-refractivity contribution in [2.45, 2.75) is 26.0 Å². The van der Waals surface area contributed by atoms with Crippen molar-refractivity contribution in [2.75, 3.05) is 6.54 Å². The number of nitrogens with zero attached hydrogens (tertiary/aromatic N) is 1. The molecular formula is C16H17FN2O. The Morgan fingerprint density at radius 1 is 1.35 bits per heavy atom. The van der Waals surface area contributed by atoms with Crippen LogP contribution >= 0.6 is 0 Å². The Labute approximate surface area is 117 Å². The highest BCUT2D eigenvalue weighted by Crippen LogP contribution is 2.28. The lowest BCUT2D eigenvalue weighted by atomic mass is 10.1. The van der Waals surface area contributed by atoms with Crippen molar-refractivity contribution in [3.05, 3.63) is 59.2 Å². The molecule has 0 amide bonds. The lowest BCUT2D eigenvalue weighted by molar-refractivity contribution is 0.227. The summed E-state index contributed by atoms with van der Waals surface area (Å²) in [6.45, 7) is 3.47. The fourth-order valence-corrected chi connectivity index (χ4v) is 2.38. The van der Waals surface area contributed by atoms with E-state index in [1.807, 2.05) is 19.2 Å². The smallest absolute Gasteiger partial charge is 0.123 e. The van der Waals surface area contributed by atoms with Crippen LogP contribution in [0.25, 0.3) is 0 Å². The van der Waals surface area contributed by atoms with Crippen molar-refractivity contribution >= 4 is 0 Å². The van der Waals surface area contributed by atoms with Crippen LogP contribution in [-0.2, 0) is 13.0 Å². The Morgan fingerprint density at radius 2 is 2.25 bits per heavy atom. The Morgan fingerprint density at radius 3 is 3.05 bits per heavy atom. The van der Waals surface area contributed by atoms with Crippen LogP contribution < -0.4 is 10.1 Å². The van der Waals surface area contributed by atoms with Crippen molar-refractivity contribution in [3.8, 4) is 5.75 Å². The molecule has 1 aromatic heterocycles. The summed E-state index contributed by atoms with van der Waals surface area (Å²) in [6, 6.07) is 8.76. The number of ether oxygens (including phenoxy) is 1. The van der Waals surface area contributed by atoms with Gasteiger partial charge in [0.2, 0.25) is 0 Å². The molecule has 1 aliphatic heterocycles. The molecule has 1 N–H and O–H groups in total. The van der Waals surface area contributed by atoms with E-state index in [0.29, 0.717) is 0 Å². The molecule has 1 aliphatic rings. The molecule has 1 atom stereocenters. The predicted octanol–water partition coefficient (Wildman–Crippen LogP) is 2.62. The minimum atomic E-state index is -0.202. The maximum Gasteiger partial charge on any atom is 0.123 e. The SMILES string of the molecule is Cc1ccc(CNCC2Cc3cc(F)ccc3O2)cn1. The molecule has 104 valence electrons. The van der Waals surface area contributed by atoms with Crippen LogP contribution in [0.5, 0.6) is 5.75 Å². The molecule has 0 radical (unpaired) electrons. The molecule has 4 heteroatoms. The molecule has 0 fully saturated rings. The second kappa shape index (κ2) is 5.59. The van der Waals surface area contributed by atoms with Crippen LogP contribution in [0.1, 0.15) is 16.8 Å². The average Bonchev–Trinajstić information content (AvgIpc) is 2.83. The number of rotatable bonds is 4. The number of nitrogens with one attached hydrogen (secondary N) is 1. The lowest BCUT2D eigenvalue weighted by Crippen LogP contribution is -2.29. The summed E-state index contributed by atoms with van der Waals surface area (Å²) < 4.78 is 18.9. The van der Waals surface area contributed by atoms with Gasteiger partial charge in [-0.3, -0.25) is 4.98 Å². The van der Waals surface area contributed by atoms with Gasteiger partial charge in [0.05, 0.1) is 0 Å². The van der Waals surface area contributed by atoms with Crippen LogP contribution in [0, 0.1) is 12.7 Å². The van der Waals surface area contributed by atoms with Gasteiger partial charge >= 0.3 is 0 Å². The van der Waals surface area contributed by atoms with Gasteiger partial charge in [0.1, 0.15) is 17.7 Å². The second-order valence-corrected chi connectivity index (χ2v) is 5.13. The van der Waals surface area contributed by atoms with Gasteiger partial charge in [-0.2, -0.15) is 0 Å². The van der Waals surface area contributed by atoms with E-state index in [4.69, 9.17) is 4.74 Å². The largest absolute Gasteiger partial charge is 0.488 e. The van der Waals surface area contributed by atoms with Gasteiger partial charge in [0.25, 0.3) is 0 Å². The molecule has 0 aliphatic carbocycles. The van der Waals surface area contributed by atoms with E-state index >= 15 is 0 Å². The van der Waals surface area contributed by atoms with E-state index in [9.17, 15) is 4.39 Å². The second-order valence-electron chi connectivity index (χ2n) is 5.13. The number of fused-ring (bicyclic) bond motifs is 1. The standard InChI is InChI=1S/C16H17FN2O/c1-11-2-3-12(9-19-11)8-18-10-15-7-13-6-14(17)4-5-16(13)20-15/h2-6,9,15,18H,7-8,10H2,1H3. The zero-order valence-corrected chi connectivity index (χ0v) is 11.4. The van der Waals surface area contributed by atoms with Crippen LogP contribution in [0.3, 0.4) is 0 Å². The van der Waals surface area contributed by atoms with Gasteiger partial charge in [-0.05, 0) is 36.8 Å². The molecule has 3 nitrogen and oxygen atoms in total.